The molecule has 1 saturated heterocycles. The standard InChI is InChI=1S/C15H22FN3O4S/c1-17-15(20)14-11-18(7-8-19(14)24(2,21)22)9-10-23-13-5-3-12(16)4-6-13/h3-6,14H,7-11H2,1-2H3,(H,17,20). The lowest BCUT2D eigenvalue weighted by Crippen LogP contribution is -2.60. The van der Waals surface area contributed by atoms with E-state index in [0.29, 0.717) is 32.0 Å². The minimum atomic E-state index is -3.44. The fourth-order valence-electron chi connectivity index (χ4n) is 2.63. The van der Waals surface area contributed by atoms with E-state index in [1.807, 2.05) is 4.90 Å². The molecule has 0 bridgehead atoms. The van der Waals surface area contributed by atoms with Gasteiger partial charge < -0.3 is 10.1 Å². The maximum atomic E-state index is 12.8. The van der Waals surface area contributed by atoms with Crippen LogP contribution in [-0.2, 0) is 14.8 Å². The molecule has 0 spiro atoms. The van der Waals surface area contributed by atoms with Crippen molar-refractivity contribution in [1.29, 1.82) is 0 Å². The van der Waals surface area contributed by atoms with Crippen molar-refractivity contribution < 1.29 is 22.3 Å². The molecule has 0 radical (unpaired) electrons. The summed E-state index contributed by atoms with van der Waals surface area (Å²) in [5, 5.41) is 2.51. The lowest BCUT2D eigenvalue weighted by atomic mass is 10.2. The molecule has 0 aliphatic carbocycles. The number of likely N-dealkylation sites (N-methyl/N-ethyl adjacent to an activating group) is 1. The van der Waals surface area contributed by atoms with Crippen molar-refractivity contribution in [3.63, 3.8) is 0 Å². The summed E-state index contributed by atoms with van der Waals surface area (Å²) in [7, 11) is -1.96. The van der Waals surface area contributed by atoms with E-state index in [1.165, 1.54) is 23.5 Å². The fraction of sp³-hybridized carbons (Fsp3) is 0.533. The van der Waals surface area contributed by atoms with Gasteiger partial charge in [-0.1, -0.05) is 0 Å². The Hall–Kier alpha value is -1.71. The van der Waals surface area contributed by atoms with E-state index < -0.39 is 16.1 Å². The van der Waals surface area contributed by atoms with Gasteiger partial charge in [-0.3, -0.25) is 9.69 Å². The van der Waals surface area contributed by atoms with Gasteiger partial charge in [-0.05, 0) is 24.3 Å². The number of carbonyl (C=O) groups excluding carboxylic acids is 1. The minimum absolute atomic E-state index is 0.257. The molecule has 1 aromatic carbocycles. The number of carbonyl (C=O) groups is 1. The van der Waals surface area contributed by atoms with E-state index in [4.69, 9.17) is 4.74 Å². The van der Waals surface area contributed by atoms with Gasteiger partial charge in [0.15, 0.2) is 0 Å². The summed E-state index contributed by atoms with van der Waals surface area (Å²) in [5.41, 5.74) is 0. The third-order valence-electron chi connectivity index (χ3n) is 3.88. The first-order valence-corrected chi connectivity index (χ1v) is 9.45. The Morgan fingerprint density at radius 3 is 2.58 bits per heavy atom. The lowest BCUT2D eigenvalue weighted by molar-refractivity contribution is -0.126. The highest BCUT2D eigenvalue weighted by molar-refractivity contribution is 7.88. The Kier molecular flexibility index (Phi) is 6.14. The highest BCUT2D eigenvalue weighted by Gasteiger charge is 2.36. The first-order chi connectivity index (χ1) is 11.3. The van der Waals surface area contributed by atoms with Gasteiger partial charge in [0.2, 0.25) is 15.9 Å². The molecule has 1 atom stereocenters. The summed E-state index contributed by atoms with van der Waals surface area (Å²) < 4.78 is 43.2. The monoisotopic (exact) mass is 359 g/mol. The molecule has 1 amide bonds. The molecular weight excluding hydrogens is 337 g/mol. The molecule has 7 nitrogen and oxygen atoms in total. The summed E-state index contributed by atoms with van der Waals surface area (Å²) in [4.78, 5) is 14.0. The van der Waals surface area contributed by atoms with Gasteiger partial charge in [0.25, 0.3) is 0 Å². The number of halogens is 1. The minimum Gasteiger partial charge on any atom is -0.492 e. The molecule has 1 aliphatic rings. The number of ether oxygens (including phenoxy) is 1. The van der Waals surface area contributed by atoms with Gasteiger partial charge in [0.1, 0.15) is 24.2 Å². The summed E-state index contributed by atoms with van der Waals surface area (Å²) in [6.45, 7) is 1.99. The number of piperazine rings is 1. The van der Waals surface area contributed by atoms with Crippen LogP contribution in [-0.4, -0.2) is 75.7 Å². The van der Waals surface area contributed by atoms with Crippen molar-refractivity contribution in [2.45, 2.75) is 6.04 Å². The first-order valence-electron chi connectivity index (χ1n) is 7.60. The smallest absolute Gasteiger partial charge is 0.239 e. The Balaban J connectivity index is 1.91. The van der Waals surface area contributed by atoms with Gasteiger partial charge >= 0.3 is 0 Å². The molecule has 9 heteroatoms. The van der Waals surface area contributed by atoms with Crippen LogP contribution in [0.5, 0.6) is 5.75 Å². The average Bonchev–Trinajstić information content (AvgIpc) is 2.55. The van der Waals surface area contributed by atoms with Crippen LogP contribution in [0.4, 0.5) is 4.39 Å². The number of hydrogen-bond acceptors (Lipinski definition) is 5. The van der Waals surface area contributed by atoms with Crippen molar-refractivity contribution in [2.75, 3.05) is 46.1 Å². The number of sulfonamides is 1. The molecule has 1 fully saturated rings. The van der Waals surface area contributed by atoms with Crippen molar-refractivity contribution in [1.82, 2.24) is 14.5 Å². The second kappa shape index (κ2) is 7.91. The molecule has 1 aliphatic heterocycles. The van der Waals surface area contributed by atoms with Crippen molar-refractivity contribution in [3.8, 4) is 5.75 Å². The maximum absolute atomic E-state index is 12.8. The largest absolute Gasteiger partial charge is 0.492 e. The maximum Gasteiger partial charge on any atom is 0.239 e. The van der Waals surface area contributed by atoms with Gasteiger partial charge in [0.05, 0.1) is 6.26 Å². The number of nitrogens with zero attached hydrogens (tertiary/aromatic N) is 2. The Bertz CT molecular complexity index is 666. The molecule has 2 rings (SSSR count). The van der Waals surface area contributed by atoms with E-state index >= 15 is 0 Å². The topological polar surface area (TPSA) is 79.0 Å². The molecule has 1 unspecified atom stereocenters. The molecule has 134 valence electrons. The summed E-state index contributed by atoms with van der Waals surface area (Å²) >= 11 is 0. The van der Waals surface area contributed by atoms with Gasteiger partial charge in [-0.15, -0.1) is 0 Å². The highest BCUT2D eigenvalue weighted by atomic mass is 32.2. The van der Waals surface area contributed by atoms with Crippen molar-refractivity contribution in [2.24, 2.45) is 0 Å². The second-order valence-electron chi connectivity index (χ2n) is 5.61. The molecular formula is C15H22FN3O4S. The number of rotatable bonds is 6. The fourth-order valence-corrected chi connectivity index (χ4v) is 3.66. The van der Waals surface area contributed by atoms with Gasteiger partial charge in [-0.2, -0.15) is 4.31 Å². The van der Waals surface area contributed by atoms with E-state index in [2.05, 4.69) is 5.32 Å². The molecule has 24 heavy (non-hydrogen) atoms. The van der Waals surface area contributed by atoms with Gasteiger partial charge in [-0.25, -0.2) is 12.8 Å². The zero-order chi connectivity index (χ0) is 17.7. The van der Waals surface area contributed by atoms with Crippen LogP contribution in [0.15, 0.2) is 24.3 Å². The molecule has 1 aromatic rings. The highest BCUT2D eigenvalue weighted by Crippen LogP contribution is 2.15. The number of hydrogen-bond donors (Lipinski definition) is 1. The second-order valence-corrected chi connectivity index (χ2v) is 7.54. The van der Waals surface area contributed by atoms with E-state index in [9.17, 15) is 17.6 Å². The molecule has 0 aromatic heterocycles. The Morgan fingerprint density at radius 1 is 1.33 bits per heavy atom. The molecule has 0 saturated carbocycles. The predicted molar refractivity (Wildman–Crippen MR) is 87.7 cm³/mol. The molecule has 1 heterocycles. The Labute approximate surface area is 141 Å². The third kappa shape index (κ3) is 4.89. The number of amides is 1. The van der Waals surface area contributed by atoms with Crippen molar-refractivity contribution in [3.05, 3.63) is 30.1 Å². The zero-order valence-electron chi connectivity index (χ0n) is 13.7. The summed E-state index contributed by atoms with van der Waals surface area (Å²) in [6.07, 6.45) is 1.11. The van der Waals surface area contributed by atoms with Crippen LogP contribution in [0.3, 0.4) is 0 Å². The van der Waals surface area contributed by atoms with Crippen LogP contribution in [0.1, 0.15) is 0 Å². The lowest BCUT2D eigenvalue weighted by Gasteiger charge is -2.38. The van der Waals surface area contributed by atoms with Crippen LogP contribution in [0.2, 0.25) is 0 Å². The van der Waals surface area contributed by atoms with E-state index in [-0.39, 0.29) is 18.3 Å². The number of benzene rings is 1. The van der Waals surface area contributed by atoms with Crippen LogP contribution < -0.4 is 10.1 Å². The van der Waals surface area contributed by atoms with E-state index in [0.717, 1.165) is 6.26 Å². The predicted octanol–water partition coefficient (Wildman–Crippen LogP) is -0.104. The third-order valence-corrected chi connectivity index (χ3v) is 5.17. The van der Waals surface area contributed by atoms with Crippen LogP contribution >= 0.6 is 0 Å². The zero-order valence-corrected chi connectivity index (χ0v) is 14.6. The molecule has 1 N–H and O–H groups in total. The quantitative estimate of drug-likeness (QED) is 0.767. The van der Waals surface area contributed by atoms with E-state index in [1.54, 1.807) is 12.1 Å². The summed E-state index contributed by atoms with van der Waals surface area (Å²) in [6, 6.07) is 4.99. The number of nitrogens with one attached hydrogen (secondary N) is 1. The summed E-state index contributed by atoms with van der Waals surface area (Å²) in [5.74, 6) is -0.0914. The SMILES string of the molecule is CNC(=O)C1CN(CCOc2ccc(F)cc2)CCN1S(C)(=O)=O. The first kappa shape index (κ1) is 18.6. The Morgan fingerprint density at radius 2 is 2.00 bits per heavy atom. The van der Waals surface area contributed by atoms with Crippen LogP contribution in [0.25, 0.3) is 0 Å². The average molecular weight is 359 g/mol. The van der Waals surface area contributed by atoms with Crippen molar-refractivity contribution >= 4 is 15.9 Å². The van der Waals surface area contributed by atoms with Gasteiger partial charge in [0, 0.05) is 33.2 Å². The normalized spacial score (nSPS) is 19.9. The van der Waals surface area contributed by atoms with Crippen LogP contribution in [0, 0.1) is 5.82 Å².